The van der Waals surface area contributed by atoms with Gasteiger partial charge in [-0.3, -0.25) is 0 Å². The predicted molar refractivity (Wildman–Crippen MR) is 65.7 cm³/mol. The molecule has 94 valence electrons. The fourth-order valence-corrected chi connectivity index (χ4v) is 1.46. The molecule has 1 aromatic carbocycles. The molecule has 0 aliphatic rings. The van der Waals surface area contributed by atoms with E-state index in [4.69, 9.17) is 10.00 Å². The molecule has 0 fully saturated rings. The molecule has 0 spiro atoms. The molecule has 0 unspecified atom stereocenters. The quantitative estimate of drug-likeness (QED) is 0.473. The minimum Gasteiger partial charge on any atom is -0.619 e. The fraction of sp³-hybridized carbons (Fsp3) is 0.0714. The van der Waals surface area contributed by atoms with Crippen molar-refractivity contribution in [3.8, 4) is 6.07 Å². The highest BCUT2D eigenvalue weighted by Crippen LogP contribution is 2.07. The van der Waals surface area contributed by atoms with Gasteiger partial charge in [0.05, 0.1) is 17.2 Å². The van der Waals surface area contributed by atoms with E-state index in [2.05, 4.69) is 0 Å². The second kappa shape index (κ2) is 5.65. The van der Waals surface area contributed by atoms with E-state index in [1.54, 1.807) is 24.3 Å². The maximum absolute atomic E-state index is 11.7. The smallest absolute Gasteiger partial charge is 0.338 e. The number of pyridine rings is 1. The minimum atomic E-state index is -0.495. The van der Waals surface area contributed by atoms with Crippen LogP contribution in [0.5, 0.6) is 0 Å². The second-order valence-electron chi connectivity index (χ2n) is 3.83. The molecule has 0 atom stereocenters. The zero-order valence-electron chi connectivity index (χ0n) is 9.95. The van der Waals surface area contributed by atoms with Crippen LogP contribution >= 0.6 is 0 Å². The van der Waals surface area contributed by atoms with Crippen molar-refractivity contribution in [3.05, 3.63) is 70.7 Å². The Morgan fingerprint density at radius 2 is 1.84 bits per heavy atom. The maximum Gasteiger partial charge on any atom is 0.338 e. The minimum absolute atomic E-state index is 0.122. The number of benzene rings is 1. The average molecular weight is 254 g/mol. The topological polar surface area (TPSA) is 77.0 Å². The lowest BCUT2D eigenvalue weighted by Gasteiger charge is -2.04. The van der Waals surface area contributed by atoms with Gasteiger partial charge < -0.3 is 9.94 Å². The average Bonchev–Trinajstić information content (AvgIpc) is 2.46. The van der Waals surface area contributed by atoms with E-state index in [9.17, 15) is 10.0 Å². The number of aromatic nitrogens is 1. The van der Waals surface area contributed by atoms with Gasteiger partial charge in [0.1, 0.15) is 6.61 Å². The molecule has 1 aromatic heterocycles. The molecule has 5 heteroatoms. The summed E-state index contributed by atoms with van der Waals surface area (Å²) >= 11 is 0. The molecule has 0 radical (unpaired) electrons. The summed E-state index contributed by atoms with van der Waals surface area (Å²) in [5, 5.41) is 19.5. The van der Waals surface area contributed by atoms with Crippen LogP contribution in [-0.2, 0) is 11.3 Å². The van der Waals surface area contributed by atoms with Crippen LogP contribution in [0.15, 0.2) is 48.8 Å². The van der Waals surface area contributed by atoms with Crippen LogP contribution in [0.3, 0.4) is 0 Å². The van der Waals surface area contributed by atoms with Gasteiger partial charge in [0.15, 0.2) is 12.4 Å². The summed E-state index contributed by atoms with van der Waals surface area (Å²) in [5.74, 6) is -0.495. The lowest BCUT2D eigenvalue weighted by atomic mass is 10.1. The fourth-order valence-electron chi connectivity index (χ4n) is 1.46. The van der Waals surface area contributed by atoms with Crippen molar-refractivity contribution in [2.24, 2.45) is 0 Å². The molecule has 0 saturated carbocycles. The molecule has 5 nitrogen and oxygen atoms in total. The van der Waals surface area contributed by atoms with Gasteiger partial charge in [0, 0.05) is 12.1 Å². The Bertz CT molecular complexity index is 613. The molecule has 0 bridgehead atoms. The van der Waals surface area contributed by atoms with Crippen LogP contribution < -0.4 is 4.73 Å². The van der Waals surface area contributed by atoms with Gasteiger partial charge >= 0.3 is 5.97 Å². The Hall–Kier alpha value is -2.87. The molecule has 2 aromatic rings. The van der Waals surface area contributed by atoms with Gasteiger partial charge in [-0.15, -0.1) is 0 Å². The highest BCUT2D eigenvalue weighted by Gasteiger charge is 2.08. The largest absolute Gasteiger partial charge is 0.619 e. The van der Waals surface area contributed by atoms with Gasteiger partial charge in [-0.25, -0.2) is 4.79 Å². The van der Waals surface area contributed by atoms with E-state index in [-0.39, 0.29) is 6.61 Å². The SMILES string of the molecule is N#Cc1ccc(COC(=O)c2cc[n+]([O-])cc2)cc1. The third kappa shape index (κ3) is 3.30. The summed E-state index contributed by atoms with van der Waals surface area (Å²) < 4.78 is 5.69. The highest BCUT2D eigenvalue weighted by atomic mass is 16.5. The first-order valence-electron chi connectivity index (χ1n) is 5.54. The van der Waals surface area contributed by atoms with Crippen LogP contribution in [0.2, 0.25) is 0 Å². The normalized spacial score (nSPS) is 9.63. The zero-order valence-corrected chi connectivity index (χ0v) is 9.95. The molecule has 2 rings (SSSR count). The van der Waals surface area contributed by atoms with Gasteiger partial charge in [-0.05, 0) is 17.7 Å². The van der Waals surface area contributed by atoms with E-state index >= 15 is 0 Å². The number of carbonyl (C=O) groups excluding carboxylic acids is 1. The predicted octanol–water partition coefficient (Wildman–Crippen LogP) is 1.55. The first kappa shape index (κ1) is 12.6. The molecule has 0 saturated heterocycles. The van der Waals surface area contributed by atoms with Crippen LogP contribution in [0, 0.1) is 16.5 Å². The Labute approximate surface area is 109 Å². The first-order chi connectivity index (χ1) is 9.19. The standard InChI is InChI=1S/C14H10N2O3/c15-9-11-1-3-12(4-2-11)10-19-14(17)13-5-7-16(18)8-6-13/h1-8H,10H2. The summed E-state index contributed by atoms with van der Waals surface area (Å²) in [6.45, 7) is 0.122. The second-order valence-corrected chi connectivity index (χ2v) is 3.83. The number of carbonyl (C=O) groups is 1. The number of hydrogen-bond acceptors (Lipinski definition) is 4. The van der Waals surface area contributed by atoms with E-state index in [0.717, 1.165) is 5.56 Å². The summed E-state index contributed by atoms with van der Waals surface area (Å²) in [4.78, 5) is 11.7. The van der Waals surface area contributed by atoms with Crippen molar-refractivity contribution < 1.29 is 14.3 Å². The summed E-state index contributed by atoms with van der Waals surface area (Å²) in [5.41, 5.74) is 1.67. The zero-order chi connectivity index (χ0) is 13.7. The third-order valence-electron chi connectivity index (χ3n) is 2.49. The number of hydrogen-bond donors (Lipinski definition) is 0. The van der Waals surface area contributed by atoms with Crippen LogP contribution in [0.25, 0.3) is 0 Å². The van der Waals surface area contributed by atoms with Crippen LogP contribution in [-0.4, -0.2) is 5.97 Å². The Morgan fingerprint density at radius 1 is 1.21 bits per heavy atom. The van der Waals surface area contributed by atoms with Crippen molar-refractivity contribution in [1.82, 2.24) is 0 Å². The van der Waals surface area contributed by atoms with Crippen molar-refractivity contribution in [1.29, 1.82) is 5.26 Å². The molecular formula is C14H10N2O3. The summed E-state index contributed by atoms with van der Waals surface area (Å²) in [7, 11) is 0. The third-order valence-corrected chi connectivity index (χ3v) is 2.49. The lowest BCUT2D eigenvalue weighted by Crippen LogP contribution is -2.24. The van der Waals surface area contributed by atoms with Gasteiger partial charge in [0.25, 0.3) is 0 Å². The Balaban J connectivity index is 1.96. The highest BCUT2D eigenvalue weighted by molar-refractivity contribution is 5.88. The van der Waals surface area contributed by atoms with E-state index in [1.807, 2.05) is 6.07 Å². The van der Waals surface area contributed by atoms with E-state index < -0.39 is 5.97 Å². The van der Waals surface area contributed by atoms with Crippen molar-refractivity contribution in [2.45, 2.75) is 6.61 Å². The van der Waals surface area contributed by atoms with Gasteiger partial charge in [0.2, 0.25) is 0 Å². The molecule has 0 aliphatic heterocycles. The lowest BCUT2D eigenvalue weighted by molar-refractivity contribution is -0.605. The maximum atomic E-state index is 11.7. The molecule has 0 amide bonds. The molecular weight excluding hydrogens is 244 g/mol. The number of esters is 1. The monoisotopic (exact) mass is 254 g/mol. The van der Waals surface area contributed by atoms with Crippen LogP contribution in [0.4, 0.5) is 0 Å². The van der Waals surface area contributed by atoms with Crippen molar-refractivity contribution >= 4 is 5.97 Å². The number of nitrogens with zero attached hydrogens (tertiary/aromatic N) is 2. The Kier molecular flexibility index (Phi) is 3.74. The molecule has 1 heterocycles. The van der Waals surface area contributed by atoms with Crippen molar-refractivity contribution in [3.63, 3.8) is 0 Å². The number of ether oxygens (including phenoxy) is 1. The molecule has 0 N–H and O–H groups in total. The van der Waals surface area contributed by atoms with E-state index in [1.165, 1.54) is 24.5 Å². The van der Waals surface area contributed by atoms with E-state index in [0.29, 0.717) is 15.9 Å². The number of nitriles is 1. The van der Waals surface area contributed by atoms with Crippen LogP contribution in [0.1, 0.15) is 21.5 Å². The van der Waals surface area contributed by atoms with Gasteiger partial charge in [-0.1, -0.05) is 12.1 Å². The van der Waals surface area contributed by atoms with Gasteiger partial charge in [-0.2, -0.15) is 9.99 Å². The number of rotatable bonds is 3. The Morgan fingerprint density at radius 3 is 2.42 bits per heavy atom. The molecule has 19 heavy (non-hydrogen) atoms. The first-order valence-corrected chi connectivity index (χ1v) is 5.54. The summed E-state index contributed by atoms with van der Waals surface area (Å²) in [6.07, 6.45) is 2.47. The van der Waals surface area contributed by atoms with Crippen molar-refractivity contribution in [2.75, 3.05) is 0 Å². The molecule has 0 aliphatic carbocycles. The summed E-state index contributed by atoms with van der Waals surface area (Å²) in [6, 6.07) is 11.6.